The van der Waals surface area contributed by atoms with Gasteiger partial charge in [0.15, 0.2) is 0 Å². The highest BCUT2D eigenvalue weighted by atomic mass is 14.3. The molecule has 0 fully saturated rings. The highest BCUT2D eigenvalue weighted by Gasteiger charge is 2.26. The van der Waals surface area contributed by atoms with E-state index in [1.54, 1.807) is 0 Å². The lowest BCUT2D eigenvalue weighted by molar-refractivity contribution is 0.584. The predicted molar refractivity (Wildman–Crippen MR) is 166 cm³/mol. The molecule has 0 saturated heterocycles. The minimum Gasteiger partial charge on any atom is -0.0801 e. The molecule has 2 aliphatic carbocycles. The largest absolute Gasteiger partial charge is 0.0801 e. The van der Waals surface area contributed by atoms with Crippen LogP contribution >= 0.6 is 0 Å². The molecule has 4 aromatic carbocycles. The molecule has 0 spiro atoms. The average Bonchev–Trinajstić information content (AvgIpc) is 3.56. The summed E-state index contributed by atoms with van der Waals surface area (Å²) in [6.07, 6.45) is 11.6. The fraction of sp³-hybridized carbons (Fsp3) is 0.231. The standard InChI is InChI=1S/C39H37/c1-38(2,3)30-22-21-29-23-33-32(31(29)24-30)25-34(39(4,5)6)37(36(33)28-19-13-14-20-28)35(26-15-9-7-10-16-26)27-17-11-8-12-18-27/h7-19,21-22,24-25H,20H2,1-6H3. The molecule has 0 unspecified atom stereocenters. The van der Waals surface area contributed by atoms with Crippen molar-refractivity contribution in [2.24, 2.45) is 0 Å². The first kappa shape index (κ1) is 25.4. The van der Waals surface area contributed by atoms with Gasteiger partial charge in [-0.25, -0.2) is 0 Å². The first-order chi connectivity index (χ1) is 18.6. The van der Waals surface area contributed by atoms with Gasteiger partial charge in [-0.05, 0) is 101 Å². The fourth-order valence-corrected chi connectivity index (χ4v) is 5.97. The molecule has 0 heteroatoms. The monoisotopic (exact) mass is 505 g/mol. The van der Waals surface area contributed by atoms with Crippen molar-refractivity contribution in [1.29, 1.82) is 0 Å². The van der Waals surface area contributed by atoms with Crippen molar-refractivity contribution in [3.63, 3.8) is 0 Å². The number of benzene rings is 4. The molecular weight excluding hydrogens is 468 g/mol. The molecule has 0 saturated carbocycles. The van der Waals surface area contributed by atoms with Gasteiger partial charge in [0.1, 0.15) is 0 Å². The second-order valence-electron chi connectivity index (χ2n) is 12.9. The second kappa shape index (κ2) is 9.38. The fourth-order valence-electron chi connectivity index (χ4n) is 5.97. The molecule has 1 radical (unpaired) electrons. The van der Waals surface area contributed by atoms with Crippen molar-refractivity contribution in [2.75, 3.05) is 0 Å². The van der Waals surface area contributed by atoms with E-state index in [0.717, 1.165) is 6.42 Å². The lowest BCUT2D eigenvalue weighted by Gasteiger charge is -2.26. The first-order valence-electron chi connectivity index (χ1n) is 14.1. The Labute approximate surface area is 233 Å². The molecule has 6 rings (SSSR count). The lowest BCUT2D eigenvalue weighted by Crippen LogP contribution is -2.29. The van der Waals surface area contributed by atoms with Crippen LogP contribution in [0, 0.1) is 10.4 Å². The van der Waals surface area contributed by atoms with Crippen molar-refractivity contribution in [3.05, 3.63) is 157 Å². The zero-order valence-corrected chi connectivity index (χ0v) is 24.0. The zero-order chi connectivity index (χ0) is 27.4. The maximum absolute atomic E-state index is 3.90. The Morgan fingerprint density at radius 3 is 1.87 bits per heavy atom. The first-order valence-corrected chi connectivity index (χ1v) is 14.1. The Morgan fingerprint density at radius 1 is 0.692 bits per heavy atom. The number of fused-ring (bicyclic) bond motifs is 2. The molecule has 0 nitrogen and oxygen atoms in total. The highest BCUT2D eigenvalue weighted by Crippen LogP contribution is 2.34. The number of allylic oxidation sites excluding steroid dienone is 4. The Morgan fingerprint density at radius 2 is 1.33 bits per heavy atom. The van der Waals surface area contributed by atoms with Gasteiger partial charge in [0.05, 0.1) is 0 Å². The molecule has 0 bridgehead atoms. The van der Waals surface area contributed by atoms with Crippen molar-refractivity contribution >= 4 is 17.2 Å². The SMILES string of the molecule is CC(C)(C)c1ccc2c(c1)=c1cc(C(C)(C)C)c(=C(c3ccccc3)c3ccccc3)c(C3=CC=CC3)c1[C]=2. The average molecular weight is 506 g/mol. The molecule has 2 aliphatic rings. The molecule has 0 aliphatic heterocycles. The van der Waals surface area contributed by atoms with Crippen LogP contribution in [0.5, 0.6) is 0 Å². The summed E-state index contributed by atoms with van der Waals surface area (Å²) in [4.78, 5) is 0. The van der Waals surface area contributed by atoms with Gasteiger partial charge in [0.25, 0.3) is 0 Å². The van der Waals surface area contributed by atoms with Crippen LogP contribution in [-0.4, -0.2) is 0 Å². The molecule has 193 valence electrons. The molecule has 0 atom stereocenters. The third-order valence-corrected chi connectivity index (χ3v) is 8.04. The smallest absolute Gasteiger partial charge is 0.000730 e. The molecule has 0 amide bonds. The Bertz CT molecular complexity index is 1810. The van der Waals surface area contributed by atoms with E-state index in [9.17, 15) is 0 Å². The van der Waals surface area contributed by atoms with Crippen LogP contribution in [0.4, 0.5) is 0 Å². The van der Waals surface area contributed by atoms with Gasteiger partial charge in [-0.15, -0.1) is 0 Å². The number of hydrogen-bond donors (Lipinski definition) is 0. The normalized spacial score (nSPS) is 14.1. The van der Waals surface area contributed by atoms with E-state index in [4.69, 9.17) is 0 Å². The zero-order valence-electron chi connectivity index (χ0n) is 24.0. The molecule has 4 aromatic rings. The van der Waals surface area contributed by atoms with Crippen LogP contribution < -0.4 is 10.4 Å². The van der Waals surface area contributed by atoms with Gasteiger partial charge in [0.2, 0.25) is 0 Å². The number of rotatable bonds is 3. The molecule has 0 aromatic heterocycles. The summed E-state index contributed by atoms with van der Waals surface area (Å²) in [6, 6.07) is 31.3. The number of hydrogen-bond acceptors (Lipinski definition) is 0. The Balaban J connectivity index is 1.90. The summed E-state index contributed by atoms with van der Waals surface area (Å²) in [7, 11) is 0. The van der Waals surface area contributed by atoms with Crippen LogP contribution in [0.15, 0.2) is 103 Å². The third kappa shape index (κ3) is 4.53. The van der Waals surface area contributed by atoms with Gasteiger partial charge < -0.3 is 0 Å². The summed E-state index contributed by atoms with van der Waals surface area (Å²) in [5.74, 6) is 0. The van der Waals surface area contributed by atoms with Gasteiger partial charge in [-0.2, -0.15) is 0 Å². The van der Waals surface area contributed by atoms with E-state index in [2.05, 4.69) is 151 Å². The summed E-state index contributed by atoms with van der Waals surface area (Å²) in [5, 5.41) is 5.16. The lowest BCUT2D eigenvalue weighted by atomic mass is 9.78. The van der Waals surface area contributed by atoms with Crippen LogP contribution in [0.1, 0.15) is 81.3 Å². The molecular formula is C39H37. The van der Waals surface area contributed by atoms with Gasteiger partial charge >= 0.3 is 0 Å². The van der Waals surface area contributed by atoms with Crippen LogP contribution in [0.3, 0.4) is 0 Å². The van der Waals surface area contributed by atoms with Crippen molar-refractivity contribution in [3.8, 4) is 0 Å². The van der Waals surface area contributed by atoms with Crippen LogP contribution in [-0.2, 0) is 10.8 Å². The maximum atomic E-state index is 3.90. The summed E-state index contributed by atoms with van der Waals surface area (Å²) >= 11 is 0. The second-order valence-corrected chi connectivity index (χ2v) is 12.9. The quantitative estimate of drug-likeness (QED) is 0.232. The van der Waals surface area contributed by atoms with E-state index in [0.29, 0.717) is 0 Å². The minimum atomic E-state index is -0.0646. The summed E-state index contributed by atoms with van der Waals surface area (Å²) < 4.78 is 0. The molecule has 39 heavy (non-hydrogen) atoms. The summed E-state index contributed by atoms with van der Waals surface area (Å²) in [5.41, 5.74) is 10.5. The van der Waals surface area contributed by atoms with Gasteiger partial charge in [-0.3, -0.25) is 0 Å². The van der Waals surface area contributed by atoms with E-state index in [1.165, 1.54) is 65.4 Å². The van der Waals surface area contributed by atoms with E-state index in [1.807, 2.05) is 0 Å². The third-order valence-electron chi connectivity index (χ3n) is 8.04. The Kier molecular flexibility index (Phi) is 6.11. The highest BCUT2D eigenvalue weighted by molar-refractivity contribution is 5.87. The Hall–Kier alpha value is -3.90. The maximum Gasteiger partial charge on any atom is -0.000730 e. The van der Waals surface area contributed by atoms with E-state index >= 15 is 0 Å². The van der Waals surface area contributed by atoms with E-state index in [-0.39, 0.29) is 10.8 Å². The molecule has 0 heterocycles. The molecule has 0 N–H and O–H groups in total. The van der Waals surface area contributed by atoms with Gasteiger partial charge in [-0.1, -0.05) is 133 Å². The van der Waals surface area contributed by atoms with Crippen molar-refractivity contribution in [2.45, 2.75) is 58.8 Å². The van der Waals surface area contributed by atoms with Crippen molar-refractivity contribution in [1.82, 2.24) is 0 Å². The summed E-state index contributed by atoms with van der Waals surface area (Å²) in [6.45, 7) is 13.9. The van der Waals surface area contributed by atoms with Crippen LogP contribution in [0.2, 0.25) is 0 Å². The minimum absolute atomic E-state index is 0.0646. The van der Waals surface area contributed by atoms with Gasteiger partial charge in [0, 0.05) is 0 Å². The van der Waals surface area contributed by atoms with Crippen molar-refractivity contribution < 1.29 is 0 Å². The van der Waals surface area contributed by atoms with E-state index < -0.39 is 0 Å². The predicted octanol–water partition coefficient (Wildman–Crippen LogP) is 8.18. The topological polar surface area (TPSA) is 0 Å². The van der Waals surface area contributed by atoms with Crippen LogP contribution in [0.25, 0.3) is 17.2 Å².